The number of furan rings is 1. The molecule has 0 bridgehead atoms. The molecule has 0 fully saturated rings. The van der Waals surface area contributed by atoms with Gasteiger partial charge < -0.3 is 13.9 Å². The van der Waals surface area contributed by atoms with Gasteiger partial charge in [-0.2, -0.15) is 0 Å². The summed E-state index contributed by atoms with van der Waals surface area (Å²) >= 11 is 0. The van der Waals surface area contributed by atoms with Gasteiger partial charge in [0.15, 0.2) is 11.5 Å². The molecule has 0 unspecified atom stereocenters. The molecule has 0 spiro atoms. The van der Waals surface area contributed by atoms with Crippen LogP contribution in [0.2, 0.25) is 0 Å². The van der Waals surface area contributed by atoms with Crippen LogP contribution in [0.15, 0.2) is 65.3 Å². The van der Waals surface area contributed by atoms with Crippen molar-refractivity contribution >= 4 is 0 Å². The SMILES string of the molecule is COc1ccc(-c2occc2-c2ccccc2)cc1OC. The first-order valence-corrected chi connectivity index (χ1v) is 6.69. The molecule has 2 aromatic carbocycles. The first-order valence-electron chi connectivity index (χ1n) is 6.69. The van der Waals surface area contributed by atoms with E-state index < -0.39 is 0 Å². The first-order chi connectivity index (χ1) is 10.3. The number of hydrogen-bond donors (Lipinski definition) is 0. The van der Waals surface area contributed by atoms with E-state index in [0.29, 0.717) is 11.5 Å². The van der Waals surface area contributed by atoms with E-state index in [4.69, 9.17) is 13.9 Å². The van der Waals surface area contributed by atoms with Crippen LogP contribution in [0.1, 0.15) is 0 Å². The smallest absolute Gasteiger partial charge is 0.161 e. The maximum absolute atomic E-state index is 5.68. The normalized spacial score (nSPS) is 10.4. The molecule has 0 radical (unpaired) electrons. The van der Waals surface area contributed by atoms with Crippen LogP contribution in [0.3, 0.4) is 0 Å². The topological polar surface area (TPSA) is 31.6 Å². The Kier molecular flexibility index (Phi) is 3.65. The van der Waals surface area contributed by atoms with E-state index in [1.54, 1.807) is 20.5 Å². The lowest BCUT2D eigenvalue weighted by Crippen LogP contribution is -1.91. The summed E-state index contributed by atoms with van der Waals surface area (Å²) in [5.74, 6) is 2.21. The standard InChI is InChI=1S/C18H16O3/c1-19-16-9-8-14(12-17(16)20-2)18-15(10-11-21-18)13-6-4-3-5-7-13/h3-12H,1-2H3. The zero-order valence-corrected chi connectivity index (χ0v) is 12.0. The Morgan fingerprint density at radius 1 is 0.762 bits per heavy atom. The average Bonchev–Trinajstić information content (AvgIpc) is 3.04. The summed E-state index contributed by atoms with van der Waals surface area (Å²) in [6, 6.07) is 17.9. The third-order valence-corrected chi connectivity index (χ3v) is 3.40. The minimum atomic E-state index is 0.686. The van der Waals surface area contributed by atoms with Crippen LogP contribution < -0.4 is 9.47 Å². The Labute approximate surface area is 123 Å². The zero-order valence-electron chi connectivity index (χ0n) is 12.0. The molecule has 3 heteroatoms. The molecule has 0 N–H and O–H groups in total. The van der Waals surface area contributed by atoms with E-state index in [1.165, 1.54) is 0 Å². The highest BCUT2D eigenvalue weighted by Gasteiger charge is 2.13. The Morgan fingerprint density at radius 3 is 2.24 bits per heavy atom. The van der Waals surface area contributed by atoms with Gasteiger partial charge in [-0.15, -0.1) is 0 Å². The molecular weight excluding hydrogens is 264 g/mol. The van der Waals surface area contributed by atoms with Crippen molar-refractivity contribution in [1.82, 2.24) is 0 Å². The lowest BCUT2D eigenvalue weighted by atomic mass is 10.0. The molecular formula is C18H16O3. The number of benzene rings is 2. The van der Waals surface area contributed by atoms with Gasteiger partial charge in [0.25, 0.3) is 0 Å². The Balaban J connectivity index is 2.08. The van der Waals surface area contributed by atoms with Gasteiger partial charge in [0.2, 0.25) is 0 Å². The van der Waals surface area contributed by atoms with Crippen LogP contribution in [0.4, 0.5) is 0 Å². The van der Waals surface area contributed by atoms with Crippen molar-refractivity contribution in [2.24, 2.45) is 0 Å². The fourth-order valence-electron chi connectivity index (χ4n) is 2.36. The third-order valence-electron chi connectivity index (χ3n) is 3.40. The monoisotopic (exact) mass is 280 g/mol. The number of hydrogen-bond acceptors (Lipinski definition) is 3. The van der Waals surface area contributed by atoms with Crippen LogP contribution in [-0.4, -0.2) is 14.2 Å². The maximum atomic E-state index is 5.68. The summed E-state index contributed by atoms with van der Waals surface area (Å²) in [4.78, 5) is 0. The molecule has 3 nitrogen and oxygen atoms in total. The molecule has 0 amide bonds. The molecule has 0 aliphatic carbocycles. The highest BCUT2D eigenvalue weighted by atomic mass is 16.5. The van der Waals surface area contributed by atoms with E-state index in [1.807, 2.05) is 42.5 Å². The zero-order chi connectivity index (χ0) is 14.7. The Hall–Kier alpha value is -2.68. The number of rotatable bonds is 4. The average molecular weight is 280 g/mol. The van der Waals surface area contributed by atoms with E-state index in [9.17, 15) is 0 Å². The Morgan fingerprint density at radius 2 is 1.52 bits per heavy atom. The predicted molar refractivity (Wildman–Crippen MR) is 82.7 cm³/mol. The van der Waals surface area contributed by atoms with Gasteiger partial charge in [0.05, 0.1) is 20.5 Å². The summed E-state index contributed by atoms with van der Waals surface area (Å²) in [6.07, 6.45) is 1.70. The molecule has 0 atom stereocenters. The van der Waals surface area contributed by atoms with E-state index >= 15 is 0 Å². The molecule has 106 valence electrons. The fourth-order valence-corrected chi connectivity index (χ4v) is 2.36. The van der Waals surface area contributed by atoms with Gasteiger partial charge in [-0.1, -0.05) is 30.3 Å². The minimum absolute atomic E-state index is 0.686. The molecule has 0 aliphatic rings. The molecule has 3 aromatic rings. The van der Waals surface area contributed by atoms with Gasteiger partial charge in [-0.25, -0.2) is 0 Å². The minimum Gasteiger partial charge on any atom is -0.493 e. The van der Waals surface area contributed by atoms with E-state index in [0.717, 1.165) is 22.5 Å². The number of methoxy groups -OCH3 is 2. The molecule has 1 heterocycles. The second-order valence-corrected chi connectivity index (χ2v) is 4.60. The van der Waals surface area contributed by atoms with E-state index in [2.05, 4.69) is 12.1 Å². The number of ether oxygens (including phenoxy) is 2. The molecule has 0 saturated carbocycles. The summed E-state index contributed by atoms with van der Waals surface area (Å²) in [6.45, 7) is 0. The summed E-state index contributed by atoms with van der Waals surface area (Å²) in [5.41, 5.74) is 3.13. The molecule has 0 aliphatic heterocycles. The van der Waals surface area contributed by atoms with Crippen molar-refractivity contribution in [3.63, 3.8) is 0 Å². The van der Waals surface area contributed by atoms with Crippen molar-refractivity contribution in [3.8, 4) is 33.9 Å². The van der Waals surface area contributed by atoms with Crippen molar-refractivity contribution in [2.75, 3.05) is 14.2 Å². The summed E-state index contributed by atoms with van der Waals surface area (Å²) < 4.78 is 16.3. The third kappa shape index (κ3) is 2.50. The quantitative estimate of drug-likeness (QED) is 0.698. The van der Waals surface area contributed by atoms with Crippen LogP contribution in [-0.2, 0) is 0 Å². The van der Waals surface area contributed by atoms with Crippen molar-refractivity contribution in [3.05, 3.63) is 60.9 Å². The van der Waals surface area contributed by atoms with Gasteiger partial charge >= 0.3 is 0 Å². The highest BCUT2D eigenvalue weighted by Crippen LogP contribution is 2.37. The van der Waals surface area contributed by atoms with E-state index in [-0.39, 0.29) is 0 Å². The van der Waals surface area contributed by atoms with Crippen LogP contribution in [0.25, 0.3) is 22.5 Å². The molecule has 1 aromatic heterocycles. The highest BCUT2D eigenvalue weighted by molar-refractivity contribution is 5.80. The van der Waals surface area contributed by atoms with Crippen LogP contribution in [0, 0.1) is 0 Å². The summed E-state index contributed by atoms with van der Waals surface area (Å²) in [5, 5.41) is 0. The van der Waals surface area contributed by atoms with Crippen LogP contribution in [0.5, 0.6) is 11.5 Å². The van der Waals surface area contributed by atoms with Gasteiger partial charge in [-0.3, -0.25) is 0 Å². The summed E-state index contributed by atoms with van der Waals surface area (Å²) in [7, 11) is 3.25. The lowest BCUT2D eigenvalue weighted by Gasteiger charge is -2.09. The van der Waals surface area contributed by atoms with Crippen molar-refractivity contribution < 1.29 is 13.9 Å². The van der Waals surface area contributed by atoms with Gasteiger partial charge in [-0.05, 0) is 29.8 Å². The van der Waals surface area contributed by atoms with Gasteiger partial charge in [0, 0.05) is 11.1 Å². The predicted octanol–water partition coefficient (Wildman–Crippen LogP) is 4.63. The molecule has 3 rings (SSSR count). The largest absolute Gasteiger partial charge is 0.493 e. The van der Waals surface area contributed by atoms with Crippen molar-refractivity contribution in [2.45, 2.75) is 0 Å². The lowest BCUT2D eigenvalue weighted by molar-refractivity contribution is 0.355. The fraction of sp³-hybridized carbons (Fsp3) is 0.111. The molecule has 0 saturated heterocycles. The molecule has 21 heavy (non-hydrogen) atoms. The van der Waals surface area contributed by atoms with Crippen LogP contribution >= 0.6 is 0 Å². The van der Waals surface area contributed by atoms with Crippen molar-refractivity contribution in [1.29, 1.82) is 0 Å². The van der Waals surface area contributed by atoms with Gasteiger partial charge in [0.1, 0.15) is 5.76 Å². The second kappa shape index (κ2) is 5.75. The second-order valence-electron chi connectivity index (χ2n) is 4.60. The Bertz CT molecular complexity index is 729. The maximum Gasteiger partial charge on any atom is 0.161 e. The first kappa shape index (κ1) is 13.3.